The maximum atomic E-state index is 11.7. The Bertz CT molecular complexity index is 241. The predicted molar refractivity (Wildman–Crippen MR) is 56.4 cm³/mol. The fraction of sp³-hybridized carbons (Fsp3) is 0.900. The summed E-state index contributed by atoms with van der Waals surface area (Å²) < 4.78 is 11.1. The minimum atomic E-state index is -0.672. The fourth-order valence-electron chi connectivity index (χ4n) is 1.96. The normalized spacial score (nSPS) is 24.7. The van der Waals surface area contributed by atoms with Crippen LogP contribution in [-0.4, -0.2) is 39.6 Å². The molecule has 1 amide bonds. The molecule has 0 spiro atoms. The largest absolute Gasteiger partial charge is 0.341 e. The minimum Gasteiger partial charge on any atom is -0.341 e. The lowest BCUT2D eigenvalue weighted by molar-refractivity contribution is -0.132. The molecule has 1 heterocycles. The Labute approximate surface area is 87.3 Å². The van der Waals surface area contributed by atoms with Gasteiger partial charge in [-0.25, -0.2) is 0 Å². The van der Waals surface area contributed by atoms with Gasteiger partial charge in [0.05, 0.1) is 0 Å². The van der Waals surface area contributed by atoms with Gasteiger partial charge in [0.2, 0.25) is 5.91 Å². The molecule has 14 heavy (non-hydrogen) atoms. The van der Waals surface area contributed by atoms with E-state index in [1.54, 1.807) is 0 Å². The number of hydrogen-bond donors (Lipinski definition) is 0. The number of hydrogen-bond acceptors (Lipinski definition) is 2. The second-order valence-electron chi connectivity index (χ2n) is 4.23. The van der Waals surface area contributed by atoms with Crippen LogP contribution in [0.25, 0.3) is 0 Å². The Morgan fingerprint density at radius 2 is 1.93 bits per heavy atom. The summed E-state index contributed by atoms with van der Waals surface area (Å²) in [7, 11) is -0.672. The van der Waals surface area contributed by atoms with Crippen LogP contribution in [0.3, 0.4) is 0 Å². The van der Waals surface area contributed by atoms with E-state index in [-0.39, 0.29) is 5.91 Å². The van der Waals surface area contributed by atoms with E-state index in [4.69, 9.17) is 0 Å². The quantitative estimate of drug-likeness (QED) is 0.682. The number of carbonyl (C=O) groups is 1. The summed E-state index contributed by atoms with van der Waals surface area (Å²) in [6, 6.07) is 0. The van der Waals surface area contributed by atoms with Gasteiger partial charge in [-0.15, -0.1) is 0 Å². The molecule has 1 aliphatic heterocycles. The Morgan fingerprint density at radius 3 is 2.43 bits per heavy atom. The second-order valence-corrected chi connectivity index (χ2v) is 5.93. The first-order valence-corrected chi connectivity index (χ1v) is 6.87. The molecule has 0 aromatic carbocycles. The van der Waals surface area contributed by atoms with Gasteiger partial charge in [0.1, 0.15) is 0 Å². The molecule has 80 valence electrons. The van der Waals surface area contributed by atoms with Gasteiger partial charge >= 0.3 is 0 Å². The zero-order valence-electron chi connectivity index (χ0n) is 8.41. The highest BCUT2D eigenvalue weighted by molar-refractivity contribution is 7.85. The molecule has 1 saturated heterocycles. The van der Waals surface area contributed by atoms with Crippen LogP contribution in [0.1, 0.15) is 25.7 Å². The summed E-state index contributed by atoms with van der Waals surface area (Å²) in [5, 5.41) is 0. The smallest absolute Gasteiger partial charge is 0.222 e. The van der Waals surface area contributed by atoms with Crippen LogP contribution in [0.5, 0.6) is 0 Å². The minimum absolute atomic E-state index is 0.284. The third-order valence-corrected chi connectivity index (χ3v) is 4.49. The van der Waals surface area contributed by atoms with Crippen LogP contribution in [0.2, 0.25) is 0 Å². The fourth-order valence-corrected chi connectivity index (χ4v) is 3.01. The van der Waals surface area contributed by atoms with Crippen molar-refractivity contribution in [2.45, 2.75) is 25.7 Å². The van der Waals surface area contributed by atoms with Crippen LogP contribution >= 0.6 is 0 Å². The molecule has 0 N–H and O–H groups in total. The van der Waals surface area contributed by atoms with Crippen LogP contribution in [-0.2, 0) is 15.6 Å². The van der Waals surface area contributed by atoms with E-state index in [1.807, 2.05) is 4.90 Å². The van der Waals surface area contributed by atoms with Gasteiger partial charge in [-0.1, -0.05) is 6.42 Å². The summed E-state index contributed by atoms with van der Waals surface area (Å²) >= 11 is 0. The topological polar surface area (TPSA) is 37.4 Å². The monoisotopic (exact) mass is 215 g/mol. The summed E-state index contributed by atoms with van der Waals surface area (Å²) in [6.07, 6.45) is 4.48. The highest BCUT2D eigenvalue weighted by Gasteiger charge is 2.25. The lowest BCUT2D eigenvalue weighted by atomic mass is 9.82. The number of nitrogens with zero attached hydrogens (tertiary/aromatic N) is 1. The molecule has 2 rings (SSSR count). The zero-order valence-corrected chi connectivity index (χ0v) is 9.22. The maximum absolute atomic E-state index is 11.7. The van der Waals surface area contributed by atoms with Gasteiger partial charge in [-0.3, -0.25) is 9.00 Å². The summed E-state index contributed by atoms with van der Waals surface area (Å²) in [5.41, 5.74) is 0. The Balaban J connectivity index is 1.76. The summed E-state index contributed by atoms with van der Waals surface area (Å²) in [6.45, 7) is 1.41. The van der Waals surface area contributed by atoms with Crippen molar-refractivity contribution in [3.05, 3.63) is 0 Å². The number of amides is 1. The van der Waals surface area contributed by atoms with Gasteiger partial charge < -0.3 is 4.90 Å². The number of rotatable bonds is 2. The molecule has 0 bridgehead atoms. The molecule has 4 heteroatoms. The van der Waals surface area contributed by atoms with Crippen molar-refractivity contribution in [2.24, 2.45) is 5.92 Å². The number of carbonyl (C=O) groups excluding carboxylic acids is 1. The molecule has 0 radical (unpaired) electrons. The molecular weight excluding hydrogens is 198 g/mol. The molecule has 2 aliphatic rings. The molecule has 3 nitrogen and oxygen atoms in total. The van der Waals surface area contributed by atoms with Crippen molar-refractivity contribution in [2.75, 3.05) is 24.6 Å². The maximum Gasteiger partial charge on any atom is 0.222 e. The summed E-state index contributed by atoms with van der Waals surface area (Å²) in [5.74, 6) is 2.29. The Hall–Kier alpha value is -0.380. The Morgan fingerprint density at radius 1 is 1.29 bits per heavy atom. The first-order valence-electron chi connectivity index (χ1n) is 5.38. The van der Waals surface area contributed by atoms with Crippen molar-refractivity contribution in [3.63, 3.8) is 0 Å². The zero-order chi connectivity index (χ0) is 9.97. The summed E-state index contributed by atoms with van der Waals surface area (Å²) in [4.78, 5) is 13.6. The predicted octanol–water partition coefficient (Wildman–Crippen LogP) is 0.768. The van der Waals surface area contributed by atoms with Gasteiger partial charge in [0, 0.05) is 41.8 Å². The van der Waals surface area contributed by atoms with Crippen molar-refractivity contribution in [3.8, 4) is 0 Å². The van der Waals surface area contributed by atoms with E-state index in [0.717, 1.165) is 6.42 Å². The molecule has 1 aliphatic carbocycles. The van der Waals surface area contributed by atoms with Gasteiger partial charge in [0.25, 0.3) is 0 Å². The van der Waals surface area contributed by atoms with E-state index in [1.165, 1.54) is 19.3 Å². The van der Waals surface area contributed by atoms with Crippen LogP contribution in [0, 0.1) is 5.92 Å². The molecule has 0 aromatic heterocycles. The standard InChI is InChI=1S/C10H17NO2S/c12-10(8-9-2-1-3-9)11-4-6-14(13)7-5-11/h9H,1-8H2. The van der Waals surface area contributed by atoms with E-state index in [0.29, 0.717) is 30.5 Å². The van der Waals surface area contributed by atoms with Gasteiger partial charge in [0.15, 0.2) is 0 Å². The van der Waals surface area contributed by atoms with Crippen LogP contribution in [0.4, 0.5) is 0 Å². The first-order chi connectivity index (χ1) is 6.75. The molecule has 0 aromatic rings. The third kappa shape index (κ3) is 2.35. The lowest BCUT2D eigenvalue weighted by Gasteiger charge is -2.30. The highest BCUT2D eigenvalue weighted by Crippen LogP contribution is 2.29. The first kappa shape index (κ1) is 10.1. The third-order valence-electron chi connectivity index (χ3n) is 3.22. The van der Waals surface area contributed by atoms with Crippen molar-refractivity contribution >= 4 is 16.7 Å². The van der Waals surface area contributed by atoms with E-state index >= 15 is 0 Å². The molecule has 1 saturated carbocycles. The van der Waals surface area contributed by atoms with Crippen molar-refractivity contribution in [1.82, 2.24) is 4.90 Å². The van der Waals surface area contributed by atoms with Gasteiger partial charge in [-0.2, -0.15) is 0 Å². The lowest BCUT2D eigenvalue weighted by Crippen LogP contribution is -2.42. The molecule has 0 atom stereocenters. The molecule has 2 fully saturated rings. The van der Waals surface area contributed by atoms with Crippen LogP contribution < -0.4 is 0 Å². The molecule has 0 unspecified atom stereocenters. The van der Waals surface area contributed by atoms with Crippen molar-refractivity contribution in [1.29, 1.82) is 0 Å². The van der Waals surface area contributed by atoms with E-state index < -0.39 is 10.8 Å². The SMILES string of the molecule is O=C(CC1CCC1)N1CCS(=O)CC1. The van der Waals surface area contributed by atoms with Crippen LogP contribution in [0.15, 0.2) is 0 Å². The highest BCUT2D eigenvalue weighted by atomic mass is 32.2. The van der Waals surface area contributed by atoms with E-state index in [9.17, 15) is 9.00 Å². The van der Waals surface area contributed by atoms with E-state index in [2.05, 4.69) is 0 Å². The average Bonchev–Trinajstić information content (AvgIpc) is 2.12. The second kappa shape index (κ2) is 4.43. The van der Waals surface area contributed by atoms with Gasteiger partial charge in [-0.05, 0) is 18.8 Å². The average molecular weight is 215 g/mol. The van der Waals surface area contributed by atoms with Crippen molar-refractivity contribution < 1.29 is 9.00 Å². The Kier molecular flexibility index (Phi) is 3.21. The molecular formula is C10H17NO2S.